The van der Waals surface area contributed by atoms with Crippen LogP contribution >= 0.6 is 0 Å². The smallest absolute Gasteiger partial charge is 0.292 e. The van der Waals surface area contributed by atoms with E-state index < -0.39 is 17.8 Å². The molecule has 0 aliphatic rings. The first-order chi connectivity index (χ1) is 9.75. The molecule has 1 rings (SSSR count). The third-order valence-corrected chi connectivity index (χ3v) is 3.45. The molecule has 0 heterocycles. The summed E-state index contributed by atoms with van der Waals surface area (Å²) in [6.45, 7) is 8.45. The number of nitrogens with one attached hydrogen (secondary N) is 1. The second kappa shape index (κ2) is 7.36. The zero-order valence-electron chi connectivity index (χ0n) is 13.3. The Morgan fingerprint density at radius 3 is 2.24 bits per heavy atom. The lowest BCUT2D eigenvalue weighted by Crippen LogP contribution is -2.33. The number of aliphatic hydroxyl groups is 1. The summed E-state index contributed by atoms with van der Waals surface area (Å²) in [4.78, 5) is 23.7. The van der Waals surface area contributed by atoms with E-state index in [2.05, 4.69) is 26.1 Å². The number of amides is 1. The zero-order valence-corrected chi connectivity index (χ0v) is 13.3. The van der Waals surface area contributed by atoms with Crippen LogP contribution in [0, 0.1) is 0 Å². The molecule has 1 aromatic rings. The first-order valence-electron chi connectivity index (χ1n) is 7.36. The predicted octanol–water partition coefficient (Wildman–Crippen LogP) is 2.44. The second-order valence-corrected chi connectivity index (χ2v) is 6.26. The van der Waals surface area contributed by atoms with Crippen LogP contribution in [0.4, 0.5) is 0 Å². The number of benzene rings is 1. The molecule has 0 bridgehead atoms. The topological polar surface area (TPSA) is 66.4 Å². The molecule has 21 heavy (non-hydrogen) atoms. The van der Waals surface area contributed by atoms with E-state index in [0.717, 1.165) is 5.56 Å². The molecular formula is C17H25NO3. The molecule has 0 saturated heterocycles. The fourth-order valence-corrected chi connectivity index (χ4v) is 1.89. The molecule has 0 aliphatic carbocycles. The van der Waals surface area contributed by atoms with E-state index in [1.807, 2.05) is 19.1 Å². The molecule has 116 valence electrons. The van der Waals surface area contributed by atoms with Gasteiger partial charge in [0.25, 0.3) is 5.91 Å². The van der Waals surface area contributed by atoms with Crippen molar-refractivity contribution >= 4 is 11.7 Å². The molecule has 0 radical (unpaired) electrons. The number of carbonyl (C=O) groups excluding carboxylic acids is 2. The van der Waals surface area contributed by atoms with Crippen LogP contribution in [0.3, 0.4) is 0 Å². The van der Waals surface area contributed by atoms with Crippen molar-refractivity contribution < 1.29 is 14.7 Å². The van der Waals surface area contributed by atoms with Crippen molar-refractivity contribution in [3.63, 3.8) is 0 Å². The fraction of sp³-hybridized carbons (Fsp3) is 0.529. The van der Waals surface area contributed by atoms with Crippen LogP contribution in [0.5, 0.6) is 0 Å². The van der Waals surface area contributed by atoms with Gasteiger partial charge in [0.05, 0.1) is 6.10 Å². The van der Waals surface area contributed by atoms with E-state index in [9.17, 15) is 14.7 Å². The van der Waals surface area contributed by atoms with Crippen LogP contribution in [-0.4, -0.2) is 29.4 Å². The van der Waals surface area contributed by atoms with Gasteiger partial charge < -0.3 is 10.4 Å². The summed E-state index contributed by atoms with van der Waals surface area (Å²) in [6, 6.07) is 7.12. The summed E-state index contributed by atoms with van der Waals surface area (Å²) in [5.41, 5.74) is 1.52. The fourth-order valence-electron chi connectivity index (χ4n) is 1.89. The molecule has 1 unspecified atom stereocenters. The predicted molar refractivity (Wildman–Crippen MR) is 83.4 cm³/mol. The zero-order chi connectivity index (χ0) is 16.0. The van der Waals surface area contributed by atoms with E-state index in [1.165, 1.54) is 0 Å². The Hall–Kier alpha value is -1.68. The summed E-state index contributed by atoms with van der Waals surface area (Å²) in [5.74, 6) is -1.16. The molecule has 4 heteroatoms. The Kier molecular flexibility index (Phi) is 6.09. The Morgan fingerprint density at radius 1 is 1.19 bits per heavy atom. The maximum absolute atomic E-state index is 12.0. The van der Waals surface area contributed by atoms with Crippen molar-refractivity contribution in [2.45, 2.75) is 52.1 Å². The van der Waals surface area contributed by atoms with Crippen molar-refractivity contribution in [2.75, 3.05) is 6.54 Å². The maximum Gasteiger partial charge on any atom is 0.292 e. The molecule has 2 N–H and O–H groups in total. The van der Waals surface area contributed by atoms with E-state index >= 15 is 0 Å². The molecule has 4 nitrogen and oxygen atoms in total. The van der Waals surface area contributed by atoms with Crippen LogP contribution < -0.4 is 5.32 Å². The number of aliphatic hydroxyl groups excluding tert-OH is 1. The summed E-state index contributed by atoms with van der Waals surface area (Å²) in [6.07, 6.45) is 0.655. The van der Waals surface area contributed by atoms with E-state index in [4.69, 9.17) is 0 Å². The van der Waals surface area contributed by atoms with Gasteiger partial charge >= 0.3 is 0 Å². The quantitative estimate of drug-likeness (QED) is 0.625. The average Bonchev–Trinajstić information content (AvgIpc) is 2.45. The van der Waals surface area contributed by atoms with Gasteiger partial charge in [-0.05, 0) is 23.8 Å². The normalized spacial score (nSPS) is 12.8. The highest BCUT2D eigenvalue weighted by molar-refractivity contribution is 6.42. The lowest BCUT2D eigenvalue weighted by molar-refractivity contribution is -0.117. The molecule has 1 aromatic carbocycles. The first-order valence-corrected chi connectivity index (χ1v) is 7.36. The van der Waals surface area contributed by atoms with Gasteiger partial charge in [0.2, 0.25) is 5.78 Å². The summed E-state index contributed by atoms with van der Waals surface area (Å²) < 4.78 is 0. The van der Waals surface area contributed by atoms with Crippen LogP contribution in [0.1, 0.15) is 56.5 Å². The summed E-state index contributed by atoms with van der Waals surface area (Å²) >= 11 is 0. The van der Waals surface area contributed by atoms with Gasteiger partial charge in [0.15, 0.2) is 0 Å². The number of hydrogen-bond acceptors (Lipinski definition) is 3. The minimum Gasteiger partial charge on any atom is -0.393 e. The van der Waals surface area contributed by atoms with Gasteiger partial charge in [0.1, 0.15) is 0 Å². The van der Waals surface area contributed by atoms with Gasteiger partial charge in [0, 0.05) is 12.1 Å². The summed E-state index contributed by atoms with van der Waals surface area (Å²) in [7, 11) is 0. The van der Waals surface area contributed by atoms with E-state index in [0.29, 0.717) is 24.9 Å². The number of ketones is 1. The number of carbonyl (C=O) groups is 2. The van der Waals surface area contributed by atoms with Crippen LogP contribution in [0.25, 0.3) is 0 Å². The van der Waals surface area contributed by atoms with Crippen molar-refractivity contribution in [2.24, 2.45) is 0 Å². The van der Waals surface area contributed by atoms with Gasteiger partial charge in [-0.15, -0.1) is 0 Å². The highest BCUT2D eigenvalue weighted by Crippen LogP contribution is 2.22. The number of Topliss-reactive ketones (excluding diaryl/α,β-unsaturated/α-hetero) is 1. The van der Waals surface area contributed by atoms with Crippen LogP contribution in [-0.2, 0) is 10.2 Å². The van der Waals surface area contributed by atoms with Crippen molar-refractivity contribution in [3.05, 3.63) is 35.4 Å². The maximum atomic E-state index is 12.0. The number of hydrogen-bond donors (Lipinski definition) is 2. The van der Waals surface area contributed by atoms with Gasteiger partial charge in [-0.25, -0.2) is 0 Å². The SMILES string of the molecule is CCC(O)CCNC(=O)C(=O)c1ccc(C(C)(C)C)cc1. The molecular weight excluding hydrogens is 266 g/mol. The minimum absolute atomic E-state index is 0.0140. The van der Waals surface area contributed by atoms with Crippen molar-refractivity contribution in [3.8, 4) is 0 Å². The van der Waals surface area contributed by atoms with Gasteiger partial charge in [-0.2, -0.15) is 0 Å². The molecule has 0 spiro atoms. The Labute approximate surface area is 126 Å². The van der Waals surface area contributed by atoms with Gasteiger partial charge in [-0.3, -0.25) is 9.59 Å². The lowest BCUT2D eigenvalue weighted by Gasteiger charge is -2.18. The third kappa shape index (κ3) is 5.31. The van der Waals surface area contributed by atoms with E-state index in [-0.39, 0.29) is 5.41 Å². The molecule has 0 aromatic heterocycles. The molecule has 1 atom stereocenters. The standard InChI is InChI=1S/C17H25NO3/c1-5-14(19)10-11-18-16(21)15(20)12-6-8-13(9-7-12)17(2,3)4/h6-9,14,19H,5,10-11H2,1-4H3,(H,18,21). The van der Waals surface area contributed by atoms with Gasteiger partial charge in [-0.1, -0.05) is 52.0 Å². The molecule has 0 saturated carbocycles. The van der Waals surface area contributed by atoms with Crippen LogP contribution in [0.15, 0.2) is 24.3 Å². The molecule has 0 aliphatic heterocycles. The monoisotopic (exact) mass is 291 g/mol. The average molecular weight is 291 g/mol. The highest BCUT2D eigenvalue weighted by atomic mass is 16.3. The first kappa shape index (κ1) is 17.4. The summed E-state index contributed by atoms with van der Waals surface area (Å²) in [5, 5.41) is 11.9. The van der Waals surface area contributed by atoms with Crippen molar-refractivity contribution in [1.29, 1.82) is 0 Å². The lowest BCUT2D eigenvalue weighted by atomic mass is 9.86. The Morgan fingerprint density at radius 2 is 1.76 bits per heavy atom. The number of rotatable bonds is 6. The Bertz CT molecular complexity index is 486. The van der Waals surface area contributed by atoms with Crippen LogP contribution in [0.2, 0.25) is 0 Å². The van der Waals surface area contributed by atoms with E-state index in [1.54, 1.807) is 12.1 Å². The minimum atomic E-state index is -0.623. The second-order valence-electron chi connectivity index (χ2n) is 6.26. The molecule has 1 amide bonds. The van der Waals surface area contributed by atoms with Crippen molar-refractivity contribution in [1.82, 2.24) is 5.32 Å². The molecule has 0 fully saturated rings. The highest BCUT2D eigenvalue weighted by Gasteiger charge is 2.18. The third-order valence-electron chi connectivity index (χ3n) is 3.45. The Balaban J connectivity index is 2.60. The largest absolute Gasteiger partial charge is 0.393 e.